The van der Waals surface area contributed by atoms with Crippen molar-refractivity contribution < 1.29 is 0 Å². The van der Waals surface area contributed by atoms with Crippen molar-refractivity contribution in [3.63, 3.8) is 0 Å². The van der Waals surface area contributed by atoms with E-state index in [2.05, 4.69) is 20.4 Å². The van der Waals surface area contributed by atoms with E-state index in [1.54, 1.807) is 19.4 Å². The van der Waals surface area contributed by atoms with Crippen LogP contribution in [0.25, 0.3) is 0 Å². The van der Waals surface area contributed by atoms with Gasteiger partial charge in [-0.3, -0.25) is 14.8 Å². The summed E-state index contributed by atoms with van der Waals surface area (Å²) >= 11 is 5.92. The van der Waals surface area contributed by atoms with Crippen LogP contribution < -0.4 is 10.9 Å². The van der Waals surface area contributed by atoms with Crippen molar-refractivity contribution in [1.82, 2.24) is 19.7 Å². The van der Waals surface area contributed by atoms with Crippen molar-refractivity contribution in [2.24, 2.45) is 7.05 Å². The van der Waals surface area contributed by atoms with Crippen LogP contribution in [0.3, 0.4) is 0 Å². The standard InChI is InChI=1S/C11H12ClN5O/c1-7-3-14-8(4-13-7)5-15-9-6-16-17(2)11(18)10(9)12/h3-4,6,15H,5H2,1-2H3. The average Bonchev–Trinajstić information content (AvgIpc) is 2.37. The largest absolute Gasteiger partial charge is 0.377 e. The number of hydrogen-bond donors (Lipinski definition) is 1. The average molecular weight is 266 g/mol. The van der Waals surface area contributed by atoms with Gasteiger partial charge in [-0.05, 0) is 6.92 Å². The Morgan fingerprint density at radius 3 is 2.78 bits per heavy atom. The first-order chi connectivity index (χ1) is 8.58. The van der Waals surface area contributed by atoms with Crippen molar-refractivity contribution in [2.45, 2.75) is 13.5 Å². The third kappa shape index (κ3) is 2.65. The summed E-state index contributed by atoms with van der Waals surface area (Å²) < 4.78 is 1.18. The quantitative estimate of drug-likeness (QED) is 0.901. The second kappa shape index (κ2) is 5.14. The summed E-state index contributed by atoms with van der Waals surface area (Å²) in [5.41, 5.74) is 1.77. The first kappa shape index (κ1) is 12.5. The minimum absolute atomic E-state index is 0.118. The summed E-state index contributed by atoms with van der Waals surface area (Å²) in [5.74, 6) is 0. The molecule has 2 aromatic heterocycles. The van der Waals surface area contributed by atoms with Crippen molar-refractivity contribution in [3.05, 3.63) is 45.4 Å². The van der Waals surface area contributed by atoms with Gasteiger partial charge in [0, 0.05) is 13.2 Å². The molecule has 0 bridgehead atoms. The number of aromatic nitrogens is 4. The predicted octanol–water partition coefficient (Wildman–Crippen LogP) is 1.14. The molecule has 2 aromatic rings. The second-order valence-corrected chi connectivity index (χ2v) is 4.18. The van der Waals surface area contributed by atoms with Gasteiger partial charge in [-0.1, -0.05) is 11.6 Å². The lowest BCUT2D eigenvalue weighted by molar-refractivity contribution is 0.708. The van der Waals surface area contributed by atoms with Gasteiger partial charge in [0.2, 0.25) is 0 Å². The third-order valence-corrected chi connectivity index (χ3v) is 2.74. The normalized spacial score (nSPS) is 10.4. The number of nitrogens with one attached hydrogen (secondary N) is 1. The summed E-state index contributed by atoms with van der Waals surface area (Å²) in [5, 5.41) is 7.01. The molecule has 18 heavy (non-hydrogen) atoms. The Balaban J connectivity index is 2.13. The molecule has 94 valence electrons. The maximum Gasteiger partial charge on any atom is 0.287 e. The molecule has 0 unspecified atom stereocenters. The highest BCUT2D eigenvalue weighted by Crippen LogP contribution is 2.15. The number of hydrogen-bond acceptors (Lipinski definition) is 5. The van der Waals surface area contributed by atoms with Crippen LogP contribution in [-0.2, 0) is 13.6 Å². The van der Waals surface area contributed by atoms with Gasteiger partial charge >= 0.3 is 0 Å². The Morgan fingerprint density at radius 1 is 1.33 bits per heavy atom. The van der Waals surface area contributed by atoms with E-state index in [1.165, 1.54) is 10.9 Å². The zero-order valence-electron chi connectivity index (χ0n) is 10.0. The SMILES string of the molecule is Cc1cnc(CNc2cnn(C)c(=O)c2Cl)cn1. The first-order valence-corrected chi connectivity index (χ1v) is 5.69. The van der Waals surface area contributed by atoms with Crippen LogP contribution in [0.4, 0.5) is 5.69 Å². The molecule has 0 aliphatic rings. The maximum atomic E-state index is 11.5. The van der Waals surface area contributed by atoms with Crippen molar-refractivity contribution in [1.29, 1.82) is 0 Å². The van der Waals surface area contributed by atoms with Crippen LogP contribution in [-0.4, -0.2) is 19.7 Å². The topological polar surface area (TPSA) is 72.7 Å². The van der Waals surface area contributed by atoms with Crippen LogP contribution in [0.15, 0.2) is 23.4 Å². The minimum atomic E-state index is -0.336. The molecule has 0 atom stereocenters. The Morgan fingerprint density at radius 2 is 2.11 bits per heavy atom. The second-order valence-electron chi connectivity index (χ2n) is 3.80. The highest BCUT2D eigenvalue weighted by atomic mass is 35.5. The number of anilines is 1. The zero-order valence-corrected chi connectivity index (χ0v) is 10.8. The van der Waals surface area contributed by atoms with Gasteiger partial charge in [0.05, 0.1) is 36.0 Å². The zero-order chi connectivity index (χ0) is 13.1. The lowest BCUT2D eigenvalue weighted by Crippen LogP contribution is -2.21. The van der Waals surface area contributed by atoms with Crippen molar-refractivity contribution in [3.8, 4) is 0 Å². The molecule has 0 aliphatic carbocycles. The highest BCUT2D eigenvalue weighted by Gasteiger charge is 2.07. The van der Waals surface area contributed by atoms with E-state index >= 15 is 0 Å². The van der Waals surface area contributed by atoms with Crippen molar-refractivity contribution >= 4 is 17.3 Å². The summed E-state index contributed by atoms with van der Waals surface area (Å²) in [7, 11) is 1.55. The Bertz CT molecular complexity index is 608. The summed E-state index contributed by atoms with van der Waals surface area (Å²) in [6.45, 7) is 2.30. The molecule has 0 spiro atoms. The van der Waals surface area contributed by atoms with E-state index in [-0.39, 0.29) is 10.6 Å². The molecule has 6 nitrogen and oxygen atoms in total. The smallest absolute Gasteiger partial charge is 0.287 e. The van der Waals surface area contributed by atoms with Gasteiger partial charge in [0.25, 0.3) is 5.56 Å². The number of aryl methyl sites for hydroxylation is 2. The fourth-order valence-corrected chi connectivity index (χ4v) is 1.57. The maximum absolute atomic E-state index is 11.5. The van der Waals surface area contributed by atoms with Crippen LogP contribution in [0, 0.1) is 6.92 Å². The first-order valence-electron chi connectivity index (χ1n) is 5.31. The summed E-state index contributed by atoms with van der Waals surface area (Å²) in [6, 6.07) is 0. The van der Waals surface area contributed by atoms with E-state index in [4.69, 9.17) is 11.6 Å². The van der Waals surface area contributed by atoms with Gasteiger partial charge in [-0.25, -0.2) is 4.68 Å². The molecule has 0 aromatic carbocycles. The molecule has 7 heteroatoms. The van der Waals surface area contributed by atoms with Gasteiger partial charge in [-0.2, -0.15) is 5.10 Å². The molecule has 0 saturated carbocycles. The van der Waals surface area contributed by atoms with Crippen LogP contribution in [0.2, 0.25) is 5.02 Å². The van der Waals surface area contributed by atoms with E-state index in [0.717, 1.165) is 11.4 Å². The monoisotopic (exact) mass is 265 g/mol. The van der Waals surface area contributed by atoms with Gasteiger partial charge < -0.3 is 5.32 Å². The van der Waals surface area contributed by atoms with Crippen molar-refractivity contribution in [2.75, 3.05) is 5.32 Å². The van der Waals surface area contributed by atoms with Gasteiger partial charge in [0.1, 0.15) is 5.02 Å². The van der Waals surface area contributed by atoms with E-state index in [9.17, 15) is 4.79 Å². The van der Waals surface area contributed by atoms with Gasteiger partial charge in [-0.15, -0.1) is 0 Å². The highest BCUT2D eigenvalue weighted by molar-refractivity contribution is 6.32. The fraction of sp³-hybridized carbons (Fsp3) is 0.273. The Hall–Kier alpha value is -1.95. The van der Waals surface area contributed by atoms with E-state index in [0.29, 0.717) is 12.2 Å². The van der Waals surface area contributed by atoms with E-state index in [1.807, 2.05) is 6.92 Å². The third-order valence-electron chi connectivity index (χ3n) is 2.37. The van der Waals surface area contributed by atoms with Crippen LogP contribution >= 0.6 is 11.6 Å². The molecular weight excluding hydrogens is 254 g/mol. The molecule has 2 heterocycles. The van der Waals surface area contributed by atoms with E-state index < -0.39 is 0 Å². The molecule has 0 aliphatic heterocycles. The lowest BCUT2D eigenvalue weighted by atomic mass is 10.4. The summed E-state index contributed by atoms with van der Waals surface area (Å²) in [4.78, 5) is 19.9. The molecule has 1 N–H and O–H groups in total. The Labute approximate surface area is 109 Å². The Kier molecular flexibility index (Phi) is 3.57. The number of nitrogens with zero attached hydrogens (tertiary/aromatic N) is 4. The molecule has 0 radical (unpaired) electrons. The molecule has 2 rings (SSSR count). The number of rotatable bonds is 3. The van der Waals surface area contributed by atoms with Crippen LogP contribution in [0.1, 0.15) is 11.4 Å². The van der Waals surface area contributed by atoms with Crippen LogP contribution in [0.5, 0.6) is 0 Å². The molecule has 0 amide bonds. The lowest BCUT2D eigenvalue weighted by Gasteiger charge is -2.07. The minimum Gasteiger partial charge on any atom is -0.377 e. The molecule has 0 fully saturated rings. The number of halogens is 1. The summed E-state index contributed by atoms with van der Waals surface area (Å²) in [6.07, 6.45) is 4.86. The molecular formula is C11H12ClN5O. The predicted molar refractivity (Wildman–Crippen MR) is 68.6 cm³/mol. The molecule has 0 saturated heterocycles. The fourth-order valence-electron chi connectivity index (χ4n) is 1.33. The van der Waals surface area contributed by atoms with Gasteiger partial charge in [0.15, 0.2) is 0 Å².